The second-order valence-electron chi connectivity index (χ2n) is 5.32. The van der Waals surface area contributed by atoms with Crippen LogP contribution in [0.15, 0.2) is 24.3 Å². The summed E-state index contributed by atoms with van der Waals surface area (Å²) < 4.78 is 37.2. The number of carbonyl (C=O) groups is 1. The number of halogens is 3. The molecule has 0 aliphatic rings. The van der Waals surface area contributed by atoms with E-state index in [-0.39, 0.29) is 12.3 Å². The predicted octanol–water partition coefficient (Wildman–Crippen LogP) is 2.52. The fourth-order valence-electron chi connectivity index (χ4n) is 1.50. The van der Waals surface area contributed by atoms with Crippen molar-refractivity contribution in [2.45, 2.75) is 45.0 Å². The first kappa shape index (κ1) is 16.5. The highest BCUT2D eigenvalue weighted by atomic mass is 19.4. The van der Waals surface area contributed by atoms with Crippen LogP contribution in [-0.4, -0.2) is 22.7 Å². The smallest absolute Gasteiger partial charge is 0.391 e. The van der Waals surface area contributed by atoms with Gasteiger partial charge in [-0.05, 0) is 38.5 Å². The van der Waals surface area contributed by atoms with Gasteiger partial charge in [-0.25, -0.2) is 0 Å². The Morgan fingerprint density at radius 2 is 1.75 bits per heavy atom. The van der Waals surface area contributed by atoms with Crippen LogP contribution in [-0.2, 0) is 17.4 Å². The molecule has 0 fully saturated rings. The van der Waals surface area contributed by atoms with Crippen LogP contribution in [0.25, 0.3) is 0 Å². The summed E-state index contributed by atoms with van der Waals surface area (Å²) in [6, 6.07) is 4.44. The van der Waals surface area contributed by atoms with E-state index in [2.05, 4.69) is 5.32 Å². The average molecular weight is 289 g/mol. The maximum atomic E-state index is 12.4. The van der Waals surface area contributed by atoms with Gasteiger partial charge >= 0.3 is 6.18 Å². The molecule has 1 amide bonds. The summed E-state index contributed by atoms with van der Waals surface area (Å²) in [7, 11) is 0. The summed E-state index contributed by atoms with van der Waals surface area (Å²) in [6.45, 7) is 4.89. The van der Waals surface area contributed by atoms with Gasteiger partial charge in [-0.1, -0.05) is 12.1 Å². The number of hydrogen-bond acceptors (Lipinski definition) is 2. The molecule has 1 atom stereocenters. The number of nitrogens with one attached hydrogen (secondary N) is 1. The molecule has 0 bridgehead atoms. The van der Waals surface area contributed by atoms with Crippen LogP contribution in [0.5, 0.6) is 0 Å². The van der Waals surface area contributed by atoms with Crippen molar-refractivity contribution in [3.63, 3.8) is 0 Å². The van der Waals surface area contributed by atoms with Crippen molar-refractivity contribution in [1.29, 1.82) is 0 Å². The van der Waals surface area contributed by atoms with Crippen molar-refractivity contribution in [2.75, 3.05) is 0 Å². The van der Waals surface area contributed by atoms with Crippen LogP contribution < -0.4 is 5.32 Å². The van der Waals surface area contributed by atoms with Gasteiger partial charge in [0.25, 0.3) is 0 Å². The predicted molar refractivity (Wildman–Crippen MR) is 69.1 cm³/mol. The monoisotopic (exact) mass is 289 g/mol. The Morgan fingerprint density at radius 1 is 1.25 bits per heavy atom. The minimum atomic E-state index is -4.38. The highest BCUT2D eigenvalue weighted by Gasteiger charge is 2.30. The van der Waals surface area contributed by atoms with E-state index in [1.165, 1.54) is 12.1 Å². The van der Waals surface area contributed by atoms with E-state index in [4.69, 9.17) is 0 Å². The summed E-state index contributed by atoms with van der Waals surface area (Å²) in [6.07, 6.45) is -5.15. The van der Waals surface area contributed by atoms with Crippen LogP contribution in [0, 0.1) is 0 Å². The summed E-state index contributed by atoms with van der Waals surface area (Å²) in [5.74, 6) is -0.351. The van der Waals surface area contributed by atoms with Crippen molar-refractivity contribution in [2.24, 2.45) is 0 Å². The molecular formula is C14H18F3NO2. The fraction of sp³-hybridized carbons (Fsp3) is 0.500. The lowest BCUT2D eigenvalue weighted by Gasteiger charge is -2.29. The number of aliphatic hydroxyl groups excluding tert-OH is 1. The van der Waals surface area contributed by atoms with Crippen LogP contribution in [0.1, 0.15) is 31.9 Å². The minimum absolute atomic E-state index is 0.0334. The van der Waals surface area contributed by atoms with E-state index in [1.807, 2.05) is 0 Å². The third-order valence-corrected chi connectivity index (χ3v) is 3.15. The Balaban J connectivity index is 2.68. The minimum Gasteiger partial charge on any atom is -0.391 e. The van der Waals surface area contributed by atoms with Crippen LogP contribution >= 0.6 is 0 Å². The van der Waals surface area contributed by atoms with Crippen molar-refractivity contribution in [3.8, 4) is 0 Å². The summed E-state index contributed by atoms with van der Waals surface area (Å²) >= 11 is 0. The molecule has 0 aliphatic carbocycles. The van der Waals surface area contributed by atoms with Gasteiger partial charge in [0.15, 0.2) is 0 Å². The first-order valence-corrected chi connectivity index (χ1v) is 6.17. The summed E-state index contributed by atoms with van der Waals surface area (Å²) in [5.41, 5.74) is -1.05. The van der Waals surface area contributed by atoms with Crippen LogP contribution in [0.4, 0.5) is 13.2 Å². The number of hydrogen-bond donors (Lipinski definition) is 2. The van der Waals surface area contributed by atoms with E-state index in [1.54, 1.807) is 20.8 Å². The molecule has 1 aromatic rings. The zero-order chi connectivity index (χ0) is 15.6. The van der Waals surface area contributed by atoms with E-state index >= 15 is 0 Å². The second kappa shape index (κ2) is 5.83. The molecule has 0 saturated heterocycles. The van der Waals surface area contributed by atoms with Crippen molar-refractivity contribution in [1.82, 2.24) is 5.32 Å². The molecule has 1 aromatic carbocycles. The van der Waals surface area contributed by atoms with E-state index in [9.17, 15) is 23.1 Å². The van der Waals surface area contributed by atoms with Gasteiger partial charge in [0.05, 0.1) is 23.6 Å². The highest BCUT2D eigenvalue weighted by Crippen LogP contribution is 2.29. The molecule has 0 aliphatic heterocycles. The number of rotatable bonds is 4. The molecule has 112 valence electrons. The van der Waals surface area contributed by atoms with E-state index in [0.717, 1.165) is 12.1 Å². The molecule has 0 spiro atoms. The lowest BCUT2D eigenvalue weighted by Crippen LogP contribution is -2.51. The van der Waals surface area contributed by atoms with Crippen molar-refractivity contribution in [3.05, 3.63) is 35.4 Å². The zero-order valence-corrected chi connectivity index (χ0v) is 11.6. The van der Waals surface area contributed by atoms with Gasteiger partial charge < -0.3 is 10.4 Å². The Kier molecular flexibility index (Phi) is 4.81. The fourth-order valence-corrected chi connectivity index (χ4v) is 1.50. The molecular weight excluding hydrogens is 271 g/mol. The van der Waals surface area contributed by atoms with Gasteiger partial charge in [0.2, 0.25) is 5.91 Å². The van der Waals surface area contributed by atoms with E-state index in [0.29, 0.717) is 5.56 Å². The van der Waals surface area contributed by atoms with Gasteiger partial charge in [0.1, 0.15) is 0 Å². The largest absolute Gasteiger partial charge is 0.416 e. The normalized spacial score (nSPS) is 13.9. The Morgan fingerprint density at radius 3 is 2.15 bits per heavy atom. The number of benzene rings is 1. The Labute approximate surface area is 115 Å². The molecule has 20 heavy (non-hydrogen) atoms. The number of carbonyl (C=O) groups excluding carboxylic acids is 1. The topological polar surface area (TPSA) is 49.3 Å². The quantitative estimate of drug-likeness (QED) is 0.895. The SMILES string of the molecule is CC(O)C(C)(C)NC(=O)Cc1ccc(C(F)(F)F)cc1. The van der Waals surface area contributed by atoms with Gasteiger partial charge in [-0.3, -0.25) is 4.79 Å². The molecule has 6 heteroatoms. The standard InChI is InChI=1S/C14H18F3NO2/c1-9(19)13(2,3)18-12(20)8-10-4-6-11(7-5-10)14(15,16)17/h4-7,9,19H,8H2,1-3H3,(H,18,20). The number of alkyl halides is 3. The molecule has 0 aromatic heterocycles. The Bertz CT molecular complexity index is 464. The van der Waals surface area contributed by atoms with Gasteiger partial charge in [-0.2, -0.15) is 13.2 Å². The lowest BCUT2D eigenvalue weighted by atomic mass is 9.98. The molecule has 1 rings (SSSR count). The molecule has 0 heterocycles. The Hall–Kier alpha value is -1.56. The highest BCUT2D eigenvalue weighted by molar-refractivity contribution is 5.79. The summed E-state index contributed by atoms with van der Waals surface area (Å²) in [4.78, 5) is 11.8. The van der Waals surface area contributed by atoms with Crippen LogP contribution in [0.2, 0.25) is 0 Å². The molecule has 3 nitrogen and oxygen atoms in total. The average Bonchev–Trinajstić information content (AvgIpc) is 2.27. The first-order chi connectivity index (χ1) is 9.02. The molecule has 1 unspecified atom stereocenters. The maximum absolute atomic E-state index is 12.4. The summed E-state index contributed by atoms with van der Waals surface area (Å²) in [5, 5.41) is 12.1. The molecule has 0 radical (unpaired) electrons. The third-order valence-electron chi connectivity index (χ3n) is 3.15. The molecule has 2 N–H and O–H groups in total. The number of aliphatic hydroxyl groups is 1. The molecule has 0 saturated carbocycles. The van der Waals surface area contributed by atoms with Crippen molar-refractivity contribution < 1.29 is 23.1 Å². The zero-order valence-electron chi connectivity index (χ0n) is 11.6. The van der Waals surface area contributed by atoms with Crippen LogP contribution in [0.3, 0.4) is 0 Å². The van der Waals surface area contributed by atoms with Gasteiger partial charge in [0, 0.05) is 0 Å². The van der Waals surface area contributed by atoms with E-state index < -0.39 is 23.4 Å². The second-order valence-corrected chi connectivity index (χ2v) is 5.32. The first-order valence-electron chi connectivity index (χ1n) is 6.17. The van der Waals surface area contributed by atoms with Gasteiger partial charge in [-0.15, -0.1) is 0 Å². The maximum Gasteiger partial charge on any atom is 0.416 e. The number of amides is 1. The third kappa shape index (κ3) is 4.52. The van der Waals surface area contributed by atoms with Crippen molar-refractivity contribution >= 4 is 5.91 Å². The lowest BCUT2D eigenvalue weighted by molar-refractivity contribution is -0.137.